The maximum absolute atomic E-state index is 13.5. The molecule has 9 heteroatoms. The zero-order chi connectivity index (χ0) is 25.0. The second-order valence-electron chi connectivity index (χ2n) is 8.02. The fourth-order valence-electron chi connectivity index (χ4n) is 3.78. The first-order valence-electron chi connectivity index (χ1n) is 10.7. The van der Waals surface area contributed by atoms with E-state index in [9.17, 15) is 9.59 Å². The second-order valence-corrected chi connectivity index (χ2v) is 8.02. The van der Waals surface area contributed by atoms with Gasteiger partial charge in [-0.2, -0.15) is 0 Å². The van der Waals surface area contributed by atoms with Gasteiger partial charge in [-0.15, -0.1) is 0 Å². The summed E-state index contributed by atoms with van der Waals surface area (Å²) >= 11 is 0. The number of hydrogen-bond acceptors (Lipinski definition) is 7. The normalized spacial score (nSPS) is 10.8. The van der Waals surface area contributed by atoms with Gasteiger partial charge in [0, 0.05) is 35.9 Å². The van der Waals surface area contributed by atoms with Gasteiger partial charge in [0.05, 0.1) is 46.5 Å². The van der Waals surface area contributed by atoms with Crippen LogP contribution in [0.25, 0.3) is 10.8 Å². The molecule has 1 heterocycles. The van der Waals surface area contributed by atoms with Crippen LogP contribution in [-0.2, 0) is 6.54 Å². The van der Waals surface area contributed by atoms with Crippen molar-refractivity contribution < 1.29 is 28.5 Å². The number of carbonyl (C=O) groups is 1. The van der Waals surface area contributed by atoms with Gasteiger partial charge in [0.15, 0.2) is 23.0 Å². The van der Waals surface area contributed by atoms with E-state index >= 15 is 0 Å². The topological polar surface area (TPSA) is 97.3 Å². The highest BCUT2D eigenvalue weighted by Gasteiger charge is 2.20. The second kappa shape index (κ2) is 10.4. The monoisotopic (exact) mass is 470 g/mol. The summed E-state index contributed by atoms with van der Waals surface area (Å²) < 4.78 is 28.4. The molecule has 3 aromatic rings. The minimum Gasteiger partial charge on any atom is -0.493 e. The van der Waals surface area contributed by atoms with Gasteiger partial charge < -0.3 is 33.6 Å². The number of hydrogen-bond donors (Lipinski definition) is 1. The molecule has 0 bridgehead atoms. The van der Waals surface area contributed by atoms with Crippen LogP contribution in [0.3, 0.4) is 0 Å². The lowest BCUT2D eigenvalue weighted by atomic mass is 10.0. The van der Waals surface area contributed by atoms with Crippen molar-refractivity contribution in [2.45, 2.75) is 20.4 Å². The largest absolute Gasteiger partial charge is 0.493 e. The summed E-state index contributed by atoms with van der Waals surface area (Å²) in [4.78, 5) is 26.7. The third kappa shape index (κ3) is 4.73. The molecule has 0 saturated carbocycles. The number of fused-ring (bicyclic) bond motifs is 1. The molecule has 2 aromatic carbocycles. The van der Waals surface area contributed by atoms with Crippen LogP contribution in [0.4, 0.5) is 5.69 Å². The molecule has 0 fully saturated rings. The minimum absolute atomic E-state index is 0.196. The van der Waals surface area contributed by atoms with E-state index in [2.05, 4.69) is 5.32 Å². The van der Waals surface area contributed by atoms with Crippen molar-refractivity contribution in [1.29, 1.82) is 0 Å². The highest BCUT2D eigenvalue weighted by molar-refractivity contribution is 6.13. The van der Waals surface area contributed by atoms with Crippen molar-refractivity contribution in [2.24, 2.45) is 5.92 Å². The summed E-state index contributed by atoms with van der Waals surface area (Å²) in [6.07, 6.45) is 1.57. The summed E-state index contributed by atoms with van der Waals surface area (Å²) in [5.74, 6) is 1.82. The molecule has 1 N–H and O–H groups in total. The molecule has 0 aliphatic rings. The molecule has 1 aromatic heterocycles. The number of nitrogens with one attached hydrogen (secondary N) is 1. The average molecular weight is 471 g/mol. The average Bonchev–Trinajstić information content (AvgIpc) is 2.83. The maximum Gasteiger partial charge on any atom is 0.258 e. The van der Waals surface area contributed by atoms with E-state index in [-0.39, 0.29) is 11.5 Å². The number of methoxy groups -OCH3 is 5. The van der Waals surface area contributed by atoms with Gasteiger partial charge in [0.2, 0.25) is 5.75 Å². The molecule has 182 valence electrons. The molecule has 0 atom stereocenters. The van der Waals surface area contributed by atoms with E-state index in [1.54, 1.807) is 35.0 Å². The lowest BCUT2D eigenvalue weighted by molar-refractivity contribution is 0.102. The van der Waals surface area contributed by atoms with Crippen molar-refractivity contribution in [2.75, 3.05) is 40.9 Å². The number of pyridine rings is 1. The predicted octanol–water partition coefficient (Wildman–Crippen LogP) is 3.95. The standard InChI is InChI=1S/C25H30N2O7/c1-14(2)12-27-13-18(16-10-19(30-3)20(31-4)11-17(16)25(27)29)24(28)26-15-8-21(32-5)23(34-7)22(9-15)33-6/h8-11,13-14H,12H2,1-7H3,(H,26,28). The van der Waals surface area contributed by atoms with Crippen LogP contribution >= 0.6 is 0 Å². The molecule has 0 saturated heterocycles. The number of amides is 1. The van der Waals surface area contributed by atoms with E-state index in [0.717, 1.165) is 0 Å². The van der Waals surface area contributed by atoms with Crippen LogP contribution in [0.15, 0.2) is 35.3 Å². The quantitative estimate of drug-likeness (QED) is 0.506. The third-order valence-electron chi connectivity index (χ3n) is 5.32. The highest BCUT2D eigenvalue weighted by Crippen LogP contribution is 2.40. The first-order chi connectivity index (χ1) is 16.3. The van der Waals surface area contributed by atoms with Crippen LogP contribution in [0.1, 0.15) is 24.2 Å². The molecular weight excluding hydrogens is 440 g/mol. The molecular formula is C25H30N2O7. The van der Waals surface area contributed by atoms with Crippen LogP contribution in [-0.4, -0.2) is 46.0 Å². The Bertz CT molecular complexity index is 1240. The van der Waals surface area contributed by atoms with Crippen LogP contribution in [0, 0.1) is 5.92 Å². The molecule has 1 amide bonds. The summed E-state index contributed by atoms with van der Waals surface area (Å²) in [6.45, 7) is 4.45. The van der Waals surface area contributed by atoms with E-state index in [1.165, 1.54) is 35.5 Å². The molecule has 0 aliphatic heterocycles. The van der Waals surface area contributed by atoms with Crippen LogP contribution < -0.4 is 34.6 Å². The Morgan fingerprint density at radius 2 is 1.35 bits per heavy atom. The smallest absolute Gasteiger partial charge is 0.258 e. The summed E-state index contributed by atoms with van der Waals surface area (Å²) in [5.41, 5.74) is 0.536. The number of nitrogens with zero attached hydrogens (tertiary/aromatic N) is 1. The van der Waals surface area contributed by atoms with Crippen LogP contribution in [0.5, 0.6) is 28.7 Å². The predicted molar refractivity (Wildman–Crippen MR) is 130 cm³/mol. The summed E-state index contributed by atoms with van der Waals surface area (Å²) in [6, 6.07) is 6.51. The Hall–Kier alpha value is -3.88. The molecule has 0 radical (unpaired) electrons. The first kappa shape index (κ1) is 24.8. The number of ether oxygens (including phenoxy) is 5. The number of aromatic nitrogens is 1. The Morgan fingerprint density at radius 1 is 0.824 bits per heavy atom. The molecule has 0 aliphatic carbocycles. The van der Waals surface area contributed by atoms with Gasteiger partial charge in [-0.05, 0) is 18.1 Å². The molecule has 34 heavy (non-hydrogen) atoms. The summed E-state index contributed by atoms with van der Waals surface area (Å²) in [7, 11) is 7.50. The highest BCUT2D eigenvalue weighted by atomic mass is 16.5. The lowest BCUT2D eigenvalue weighted by Crippen LogP contribution is -2.25. The Morgan fingerprint density at radius 3 is 1.82 bits per heavy atom. The molecule has 0 spiro atoms. The zero-order valence-corrected chi connectivity index (χ0v) is 20.5. The fraction of sp³-hybridized carbons (Fsp3) is 0.360. The number of anilines is 1. The Kier molecular flexibility index (Phi) is 7.55. The van der Waals surface area contributed by atoms with E-state index in [0.29, 0.717) is 57.3 Å². The van der Waals surface area contributed by atoms with Gasteiger partial charge >= 0.3 is 0 Å². The van der Waals surface area contributed by atoms with Gasteiger partial charge in [-0.1, -0.05) is 13.8 Å². The van der Waals surface area contributed by atoms with Crippen molar-refractivity contribution in [3.05, 3.63) is 46.4 Å². The van der Waals surface area contributed by atoms with Gasteiger partial charge in [0.25, 0.3) is 11.5 Å². The minimum atomic E-state index is -0.413. The van der Waals surface area contributed by atoms with Gasteiger partial charge in [0.1, 0.15) is 0 Å². The molecule has 3 rings (SSSR count). The number of rotatable bonds is 9. The van der Waals surface area contributed by atoms with E-state index in [1.807, 2.05) is 13.8 Å². The van der Waals surface area contributed by atoms with Crippen molar-refractivity contribution in [3.63, 3.8) is 0 Å². The molecule has 9 nitrogen and oxygen atoms in total. The third-order valence-corrected chi connectivity index (χ3v) is 5.32. The first-order valence-corrected chi connectivity index (χ1v) is 10.7. The Labute approximate surface area is 198 Å². The van der Waals surface area contributed by atoms with Crippen molar-refractivity contribution in [1.82, 2.24) is 4.57 Å². The summed E-state index contributed by atoms with van der Waals surface area (Å²) in [5, 5.41) is 3.68. The van der Waals surface area contributed by atoms with Crippen molar-refractivity contribution in [3.8, 4) is 28.7 Å². The molecule has 0 unspecified atom stereocenters. The SMILES string of the molecule is COc1cc2c(C(=O)Nc3cc(OC)c(OC)c(OC)c3)cn(CC(C)C)c(=O)c2cc1OC. The van der Waals surface area contributed by atoms with Gasteiger partial charge in [-0.3, -0.25) is 9.59 Å². The maximum atomic E-state index is 13.5. The zero-order valence-electron chi connectivity index (χ0n) is 20.5. The van der Waals surface area contributed by atoms with E-state index < -0.39 is 5.91 Å². The van der Waals surface area contributed by atoms with Crippen LogP contribution in [0.2, 0.25) is 0 Å². The van der Waals surface area contributed by atoms with Gasteiger partial charge in [-0.25, -0.2) is 0 Å². The number of benzene rings is 2. The van der Waals surface area contributed by atoms with E-state index in [4.69, 9.17) is 23.7 Å². The fourth-order valence-corrected chi connectivity index (χ4v) is 3.78. The lowest BCUT2D eigenvalue weighted by Gasteiger charge is -2.17. The Balaban J connectivity index is 2.18. The number of carbonyl (C=O) groups excluding carboxylic acids is 1. The van der Waals surface area contributed by atoms with Crippen molar-refractivity contribution >= 4 is 22.4 Å².